The van der Waals surface area contributed by atoms with Crippen LogP contribution in [0.2, 0.25) is 8.26 Å². The van der Waals surface area contributed by atoms with Crippen molar-refractivity contribution in [3.05, 3.63) is 82.9 Å². The molecule has 5 heteroatoms. The molecule has 27 heavy (non-hydrogen) atoms. The summed E-state index contributed by atoms with van der Waals surface area (Å²) in [5.74, 6) is 2.15. The van der Waals surface area contributed by atoms with E-state index in [0.717, 1.165) is 11.5 Å². The maximum Gasteiger partial charge on any atom is -1.00 e. The van der Waals surface area contributed by atoms with E-state index in [1.807, 2.05) is 0 Å². The van der Waals surface area contributed by atoms with Gasteiger partial charge in [0.05, 0.1) is 0 Å². The van der Waals surface area contributed by atoms with E-state index >= 15 is 0 Å². The van der Waals surface area contributed by atoms with Crippen LogP contribution in [0.15, 0.2) is 60.7 Å². The maximum atomic E-state index is 5.72. The van der Waals surface area contributed by atoms with Crippen LogP contribution < -0.4 is 24.8 Å². The largest absolute Gasteiger partial charge is 1.00 e. The number of rotatable bonds is 4. The minimum absolute atomic E-state index is 0. The van der Waals surface area contributed by atoms with Crippen molar-refractivity contribution in [1.29, 1.82) is 0 Å². The average molecular weight is 481 g/mol. The summed E-state index contributed by atoms with van der Waals surface area (Å²) in [4.78, 5) is 0. The van der Waals surface area contributed by atoms with Crippen molar-refractivity contribution < 1.29 is 54.6 Å². The van der Waals surface area contributed by atoms with Gasteiger partial charge in [0, 0.05) is 0 Å². The van der Waals surface area contributed by atoms with Crippen LogP contribution in [0, 0.1) is 0 Å². The predicted molar refractivity (Wildman–Crippen MR) is 98.0 cm³/mol. The summed E-state index contributed by atoms with van der Waals surface area (Å²) < 4.78 is 15.6. The Kier molecular flexibility index (Phi) is 5.97. The molecular weight excluding hydrogens is 458 g/mol. The normalized spacial score (nSPS) is 21.9. The smallest absolute Gasteiger partial charge is 1.00 e. The van der Waals surface area contributed by atoms with Crippen LogP contribution in [0.5, 0.6) is 0 Å². The number of halogens is 2. The molecule has 0 bridgehead atoms. The van der Waals surface area contributed by atoms with Crippen LogP contribution in [0.4, 0.5) is 0 Å². The molecule has 2 nitrogen and oxygen atoms in total. The molecule has 2 aliphatic carbocycles. The molecule has 1 saturated heterocycles. The van der Waals surface area contributed by atoms with E-state index in [-0.39, 0.29) is 24.8 Å². The van der Waals surface area contributed by atoms with Crippen molar-refractivity contribution in [2.45, 2.75) is 15.5 Å². The molecular formula is C22H22Cl2O2Zr. The van der Waals surface area contributed by atoms with Crippen LogP contribution in [0.25, 0.3) is 11.5 Å². The number of hydrogen-bond acceptors (Lipinski definition) is 2. The first-order chi connectivity index (χ1) is 12.3. The Hall–Kier alpha value is -1.02. The zero-order valence-corrected chi connectivity index (χ0v) is 19.4. The average Bonchev–Trinajstić information content (AvgIpc) is 3.24. The Morgan fingerprint density at radius 1 is 0.704 bits per heavy atom. The predicted octanol–water partition coefficient (Wildman–Crippen LogP) is -0.517. The molecule has 0 aromatic heterocycles. The van der Waals surface area contributed by atoms with E-state index in [1.54, 1.807) is 14.2 Å². The van der Waals surface area contributed by atoms with Gasteiger partial charge in [-0.05, 0) is 0 Å². The van der Waals surface area contributed by atoms with Crippen molar-refractivity contribution in [3.8, 4) is 0 Å². The third-order valence-electron chi connectivity index (χ3n) is 6.26. The third kappa shape index (κ3) is 3.03. The molecule has 1 fully saturated rings. The molecule has 1 heterocycles. The Labute approximate surface area is 177 Å². The van der Waals surface area contributed by atoms with Crippen molar-refractivity contribution >= 4 is 11.5 Å². The molecule has 2 aromatic carbocycles. The summed E-state index contributed by atoms with van der Waals surface area (Å²) in [6, 6.07) is 17.7. The molecule has 2 atom stereocenters. The molecule has 0 N–H and O–H groups in total. The molecule has 0 radical (unpaired) electrons. The molecule has 2 unspecified atom stereocenters. The topological polar surface area (TPSA) is 18.5 Å². The van der Waals surface area contributed by atoms with E-state index in [0.29, 0.717) is 7.25 Å². The summed E-state index contributed by atoms with van der Waals surface area (Å²) >= 11 is -2.42. The van der Waals surface area contributed by atoms with Crippen LogP contribution in [0.3, 0.4) is 0 Å². The van der Waals surface area contributed by atoms with Gasteiger partial charge in [0.2, 0.25) is 0 Å². The molecule has 1 aliphatic heterocycles. The Morgan fingerprint density at radius 3 is 1.48 bits per heavy atom. The first kappa shape index (κ1) is 20.7. The fourth-order valence-corrected chi connectivity index (χ4v) is 20.5. The quantitative estimate of drug-likeness (QED) is 0.587. The summed E-state index contributed by atoms with van der Waals surface area (Å²) in [6.07, 6.45) is 4.88. The van der Waals surface area contributed by atoms with Crippen molar-refractivity contribution in [2.75, 3.05) is 14.2 Å². The first-order valence-electron chi connectivity index (χ1n) is 8.99. The van der Waals surface area contributed by atoms with Gasteiger partial charge in [-0.3, -0.25) is 0 Å². The van der Waals surface area contributed by atoms with Crippen LogP contribution in [-0.2, 0) is 29.7 Å². The summed E-state index contributed by atoms with van der Waals surface area (Å²) in [6.45, 7) is 0. The first-order valence-corrected chi connectivity index (χ1v) is 15.3. The summed E-state index contributed by atoms with van der Waals surface area (Å²) in [5.41, 5.74) is 5.62. The number of ether oxygens (including phenoxy) is 2. The molecule has 0 spiro atoms. The third-order valence-corrected chi connectivity index (χ3v) is 18.8. The van der Waals surface area contributed by atoms with Gasteiger partial charge in [-0.25, -0.2) is 0 Å². The van der Waals surface area contributed by atoms with Gasteiger partial charge in [0.1, 0.15) is 0 Å². The Morgan fingerprint density at radius 2 is 1.11 bits per heavy atom. The SMILES string of the molecule is COC1=C[CH]([Zr+2]2([CH]3C=C(OC)c4ccccc43)[CH2][CH2]2)c2ccccc21.[Cl-].[Cl-]. The molecule has 5 rings (SSSR count). The van der Waals surface area contributed by atoms with Crippen molar-refractivity contribution in [2.24, 2.45) is 0 Å². The van der Waals surface area contributed by atoms with E-state index < -0.39 is 20.3 Å². The second kappa shape index (κ2) is 7.78. The minimum Gasteiger partial charge on any atom is -1.00 e. The molecule has 0 saturated carbocycles. The number of hydrogen-bond donors (Lipinski definition) is 0. The zero-order chi connectivity index (χ0) is 17.0. The van der Waals surface area contributed by atoms with Gasteiger partial charge in [-0.1, -0.05) is 0 Å². The van der Waals surface area contributed by atoms with E-state index in [1.165, 1.54) is 30.5 Å². The van der Waals surface area contributed by atoms with Gasteiger partial charge in [-0.15, -0.1) is 0 Å². The van der Waals surface area contributed by atoms with Crippen LogP contribution >= 0.6 is 0 Å². The number of benzene rings is 2. The van der Waals surface area contributed by atoms with E-state index in [9.17, 15) is 0 Å². The van der Waals surface area contributed by atoms with E-state index in [2.05, 4.69) is 60.7 Å². The van der Waals surface area contributed by atoms with Crippen molar-refractivity contribution in [3.63, 3.8) is 0 Å². The van der Waals surface area contributed by atoms with Gasteiger partial charge in [0.25, 0.3) is 0 Å². The number of allylic oxidation sites excluding steroid dienone is 2. The van der Waals surface area contributed by atoms with Gasteiger partial charge in [-0.2, -0.15) is 0 Å². The number of fused-ring (bicyclic) bond motifs is 2. The van der Waals surface area contributed by atoms with Crippen LogP contribution in [-0.4, -0.2) is 14.2 Å². The number of methoxy groups -OCH3 is 2. The second-order valence-corrected chi connectivity index (χ2v) is 18.9. The fraction of sp³-hybridized carbons (Fsp3) is 0.273. The van der Waals surface area contributed by atoms with Gasteiger partial charge in [0.15, 0.2) is 0 Å². The monoisotopic (exact) mass is 478 g/mol. The molecule has 140 valence electrons. The van der Waals surface area contributed by atoms with Gasteiger partial charge >= 0.3 is 154 Å². The molecule has 2 aromatic rings. The zero-order valence-electron chi connectivity index (χ0n) is 15.4. The Bertz CT molecular complexity index is 847. The summed E-state index contributed by atoms with van der Waals surface area (Å²) in [5, 5.41) is 0. The minimum atomic E-state index is -2.42. The second-order valence-electron chi connectivity index (χ2n) is 7.33. The van der Waals surface area contributed by atoms with E-state index in [4.69, 9.17) is 9.47 Å². The molecule has 3 aliphatic rings. The molecule has 0 amide bonds. The Balaban J connectivity index is 0.00000105. The van der Waals surface area contributed by atoms with Crippen molar-refractivity contribution in [1.82, 2.24) is 0 Å². The van der Waals surface area contributed by atoms with Crippen LogP contribution in [0.1, 0.15) is 29.5 Å². The fourth-order valence-electron chi connectivity index (χ4n) is 4.91. The summed E-state index contributed by atoms with van der Waals surface area (Å²) in [7, 11) is 3.60. The maximum absolute atomic E-state index is 5.72. The standard InChI is InChI=1S/2C10H9O.C2H4.2ClH.Zr/c2*1-11-10-7-6-8-4-2-3-5-9(8)10;1-2;;;/h2*2-7H,1H3;1-2H2;2*1H;/q;;;;;+2/p-2. The van der Waals surface area contributed by atoms with Gasteiger partial charge < -0.3 is 24.8 Å².